The second-order valence-electron chi connectivity index (χ2n) is 8.92. The number of aromatic nitrogens is 2. The second kappa shape index (κ2) is 11.1. The van der Waals surface area contributed by atoms with Crippen LogP contribution in [-0.2, 0) is 26.3 Å². The van der Waals surface area contributed by atoms with Gasteiger partial charge < -0.3 is 24.5 Å². The fourth-order valence-electron chi connectivity index (χ4n) is 4.60. The van der Waals surface area contributed by atoms with Crippen LogP contribution in [0.5, 0.6) is 11.5 Å². The van der Waals surface area contributed by atoms with E-state index in [9.17, 15) is 9.59 Å². The molecule has 0 radical (unpaired) electrons. The second-order valence-corrected chi connectivity index (χ2v) is 9.30. The number of aryl methyl sites for hydroxylation is 2. The molecule has 1 heterocycles. The van der Waals surface area contributed by atoms with Crippen molar-refractivity contribution < 1.29 is 23.8 Å². The Morgan fingerprint density at radius 2 is 2.00 bits per heavy atom. The van der Waals surface area contributed by atoms with Gasteiger partial charge in [0.1, 0.15) is 11.5 Å². The van der Waals surface area contributed by atoms with Gasteiger partial charge in [-0.05, 0) is 67.7 Å². The summed E-state index contributed by atoms with van der Waals surface area (Å²) >= 11 is 5.94. The number of benzene rings is 2. The van der Waals surface area contributed by atoms with Gasteiger partial charge in [-0.25, -0.2) is 9.78 Å². The normalized spacial score (nSPS) is 16.8. The third-order valence-corrected chi connectivity index (χ3v) is 6.81. The molecule has 0 aliphatic heterocycles. The van der Waals surface area contributed by atoms with Gasteiger partial charge in [0, 0.05) is 29.6 Å². The van der Waals surface area contributed by atoms with E-state index in [4.69, 9.17) is 31.5 Å². The van der Waals surface area contributed by atoms with E-state index in [1.807, 2.05) is 48.0 Å². The van der Waals surface area contributed by atoms with Gasteiger partial charge in [-0.1, -0.05) is 12.1 Å². The Morgan fingerprint density at radius 3 is 2.65 bits per heavy atom. The van der Waals surface area contributed by atoms with Gasteiger partial charge in [0.2, 0.25) is 5.60 Å². The Kier molecular flexibility index (Phi) is 7.88. The van der Waals surface area contributed by atoms with Crippen molar-refractivity contribution in [1.29, 1.82) is 0 Å². The topological polar surface area (TPSA) is 106 Å². The number of esters is 1. The Hall–Kier alpha value is -3.78. The number of halogens is 1. The fraction of sp³-hybridized carbons (Fsp3) is 0.321. The number of rotatable bonds is 10. The Morgan fingerprint density at radius 1 is 1.19 bits per heavy atom. The van der Waals surface area contributed by atoms with Crippen LogP contribution in [0.25, 0.3) is 11.8 Å². The minimum absolute atomic E-state index is 0.270. The quantitative estimate of drug-likeness (QED) is 0.239. The van der Waals surface area contributed by atoms with E-state index in [2.05, 4.69) is 4.98 Å². The van der Waals surface area contributed by atoms with Gasteiger partial charge in [0.15, 0.2) is 0 Å². The molecule has 2 N–H and O–H groups in total. The van der Waals surface area contributed by atoms with E-state index >= 15 is 0 Å². The van der Waals surface area contributed by atoms with Crippen molar-refractivity contribution in [1.82, 2.24) is 9.55 Å². The molecule has 2 aromatic carbocycles. The summed E-state index contributed by atoms with van der Waals surface area (Å²) in [5.74, 6) is 0.203. The molecule has 8 nitrogen and oxygen atoms in total. The van der Waals surface area contributed by atoms with Crippen LogP contribution in [-0.4, -0.2) is 41.5 Å². The highest BCUT2D eigenvalue weighted by atomic mass is 35.5. The van der Waals surface area contributed by atoms with E-state index in [0.717, 1.165) is 22.5 Å². The van der Waals surface area contributed by atoms with Crippen LogP contribution in [0.15, 0.2) is 54.5 Å². The first-order chi connectivity index (χ1) is 17.8. The molecular formula is C28H30ClN3O5. The largest absolute Gasteiger partial charge is 0.497 e. The highest BCUT2D eigenvalue weighted by molar-refractivity contribution is 6.17. The molecule has 1 aliphatic rings. The standard InChI is InChI=1S/C28H30ClN3O5/c1-18-16-32(17-31-18)24-9-6-19(14-25(24)36-3)13-21(5-4-12-29)26(33)37-28(27(30)34)11-10-20-7-8-22(35-2)15-23(20)28/h6-9,13-17H,4-5,10-12H2,1-3H3,(H2,30,34). The van der Waals surface area contributed by atoms with Crippen molar-refractivity contribution in [2.75, 3.05) is 20.1 Å². The lowest BCUT2D eigenvalue weighted by Gasteiger charge is -2.28. The lowest BCUT2D eigenvalue weighted by molar-refractivity contribution is -0.165. The number of hydrogen-bond donors (Lipinski definition) is 1. The molecule has 194 valence electrons. The molecule has 9 heteroatoms. The van der Waals surface area contributed by atoms with Crippen LogP contribution >= 0.6 is 11.6 Å². The maximum atomic E-state index is 13.5. The zero-order chi connectivity index (χ0) is 26.6. The highest BCUT2D eigenvalue weighted by Gasteiger charge is 2.48. The molecule has 1 amide bonds. The minimum Gasteiger partial charge on any atom is -0.497 e. The number of carbonyl (C=O) groups excluding carboxylic acids is 2. The number of nitrogens with two attached hydrogens (primary N) is 1. The third kappa shape index (κ3) is 5.34. The number of nitrogens with zero attached hydrogens (tertiary/aromatic N) is 2. The maximum Gasteiger partial charge on any atom is 0.335 e. The fourth-order valence-corrected chi connectivity index (χ4v) is 4.73. The number of amides is 1. The van der Waals surface area contributed by atoms with Gasteiger partial charge in [-0.2, -0.15) is 0 Å². The number of imidazole rings is 1. The SMILES string of the molecule is COc1ccc2c(c1)C(OC(=O)C(=Cc1ccc(-n3cnc(C)c3)c(OC)c1)CCCCl)(C(N)=O)CC2. The summed E-state index contributed by atoms with van der Waals surface area (Å²) in [6, 6.07) is 11.0. The Bertz CT molecular complexity index is 1350. The van der Waals surface area contributed by atoms with Crippen molar-refractivity contribution in [3.8, 4) is 17.2 Å². The molecule has 37 heavy (non-hydrogen) atoms. The van der Waals surface area contributed by atoms with Crippen LogP contribution in [0.1, 0.15) is 41.6 Å². The predicted octanol–water partition coefficient (Wildman–Crippen LogP) is 4.47. The number of ether oxygens (including phenoxy) is 3. The van der Waals surface area contributed by atoms with E-state index < -0.39 is 17.5 Å². The van der Waals surface area contributed by atoms with Gasteiger partial charge in [0.05, 0.1) is 31.9 Å². The van der Waals surface area contributed by atoms with Crippen molar-refractivity contribution in [3.05, 3.63) is 76.9 Å². The summed E-state index contributed by atoms with van der Waals surface area (Å²) in [6.07, 6.45) is 7.09. The monoisotopic (exact) mass is 523 g/mol. The first kappa shape index (κ1) is 26.3. The average Bonchev–Trinajstić information content (AvgIpc) is 3.50. The van der Waals surface area contributed by atoms with E-state index in [1.165, 1.54) is 7.11 Å². The van der Waals surface area contributed by atoms with Crippen LogP contribution < -0.4 is 15.2 Å². The number of primary amides is 1. The Labute approximate surface area is 221 Å². The molecule has 0 bridgehead atoms. The van der Waals surface area contributed by atoms with Gasteiger partial charge >= 0.3 is 5.97 Å². The molecule has 1 atom stereocenters. The number of methoxy groups -OCH3 is 2. The molecule has 0 fully saturated rings. The first-order valence-corrected chi connectivity index (χ1v) is 12.5. The zero-order valence-corrected chi connectivity index (χ0v) is 21.9. The van der Waals surface area contributed by atoms with Crippen molar-refractivity contribution in [2.24, 2.45) is 5.73 Å². The minimum atomic E-state index is -1.57. The molecule has 1 aromatic heterocycles. The molecule has 0 saturated heterocycles. The number of fused-ring (bicyclic) bond motifs is 1. The number of hydrogen-bond acceptors (Lipinski definition) is 6. The van der Waals surface area contributed by atoms with Gasteiger partial charge in [-0.15, -0.1) is 11.6 Å². The van der Waals surface area contributed by atoms with Crippen molar-refractivity contribution in [2.45, 2.75) is 38.2 Å². The maximum absolute atomic E-state index is 13.5. The highest BCUT2D eigenvalue weighted by Crippen LogP contribution is 2.42. The van der Waals surface area contributed by atoms with E-state index in [-0.39, 0.29) is 6.42 Å². The summed E-state index contributed by atoms with van der Waals surface area (Å²) in [6.45, 7) is 1.91. The molecule has 4 rings (SSSR count). The number of alkyl halides is 1. The molecule has 1 aliphatic carbocycles. The van der Waals surface area contributed by atoms with Crippen LogP contribution in [0.2, 0.25) is 0 Å². The summed E-state index contributed by atoms with van der Waals surface area (Å²) in [5, 5.41) is 0. The summed E-state index contributed by atoms with van der Waals surface area (Å²) in [5.41, 5.74) is 8.53. The van der Waals surface area contributed by atoms with Crippen LogP contribution in [0.4, 0.5) is 0 Å². The zero-order valence-electron chi connectivity index (χ0n) is 21.1. The summed E-state index contributed by atoms with van der Waals surface area (Å²) < 4.78 is 18.7. The summed E-state index contributed by atoms with van der Waals surface area (Å²) in [4.78, 5) is 30.5. The average molecular weight is 524 g/mol. The Balaban J connectivity index is 1.68. The van der Waals surface area contributed by atoms with Gasteiger partial charge in [-0.3, -0.25) is 4.79 Å². The molecular weight excluding hydrogens is 494 g/mol. The third-order valence-electron chi connectivity index (χ3n) is 6.54. The van der Waals surface area contributed by atoms with Crippen molar-refractivity contribution >= 4 is 29.6 Å². The van der Waals surface area contributed by atoms with E-state index in [0.29, 0.717) is 47.8 Å². The van der Waals surface area contributed by atoms with E-state index in [1.54, 1.807) is 25.6 Å². The van der Waals surface area contributed by atoms with Crippen LogP contribution in [0, 0.1) is 6.92 Å². The first-order valence-electron chi connectivity index (χ1n) is 12.0. The molecule has 0 saturated carbocycles. The lowest BCUT2D eigenvalue weighted by Crippen LogP contribution is -2.43. The smallest absolute Gasteiger partial charge is 0.335 e. The lowest BCUT2D eigenvalue weighted by atomic mass is 9.94. The molecule has 3 aromatic rings. The number of carbonyl (C=O) groups is 2. The van der Waals surface area contributed by atoms with Gasteiger partial charge in [0.25, 0.3) is 5.91 Å². The summed E-state index contributed by atoms with van der Waals surface area (Å²) in [7, 11) is 3.12. The molecule has 1 unspecified atom stereocenters. The van der Waals surface area contributed by atoms with Crippen molar-refractivity contribution in [3.63, 3.8) is 0 Å². The molecule has 0 spiro atoms. The van der Waals surface area contributed by atoms with Crippen LogP contribution in [0.3, 0.4) is 0 Å². The predicted molar refractivity (Wildman–Crippen MR) is 141 cm³/mol.